The van der Waals surface area contributed by atoms with Crippen molar-refractivity contribution in [1.29, 1.82) is 0 Å². The second-order valence-corrected chi connectivity index (χ2v) is 9.08. The third-order valence-corrected chi connectivity index (χ3v) is 6.51. The average Bonchev–Trinajstić information content (AvgIpc) is 2.78. The number of ether oxygens (including phenoxy) is 1. The second kappa shape index (κ2) is 11.5. The van der Waals surface area contributed by atoms with Crippen LogP contribution in [-0.4, -0.2) is 64.8 Å². The van der Waals surface area contributed by atoms with Crippen LogP contribution >= 0.6 is 0 Å². The van der Waals surface area contributed by atoms with E-state index in [0.717, 1.165) is 19.0 Å². The minimum absolute atomic E-state index is 0.0682. The number of carbonyl (C=O) groups is 1. The highest BCUT2D eigenvalue weighted by molar-refractivity contribution is 7.86. The van der Waals surface area contributed by atoms with Gasteiger partial charge in [0.1, 0.15) is 11.0 Å². The minimum atomic E-state index is -4.94. The highest BCUT2D eigenvalue weighted by atomic mass is 32.2. The van der Waals surface area contributed by atoms with Gasteiger partial charge in [-0.25, -0.2) is 4.21 Å². The Bertz CT molecular complexity index is 949. The molecule has 1 fully saturated rings. The number of halogens is 3. The molecular formula is C23H28F3N3O3S. The number of piperazine rings is 1. The molecule has 0 saturated carbocycles. The van der Waals surface area contributed by atoms with Crippen molar-refractivity contribution in [2.24, 2.45) is 0 Å². The lowest BCUT2D eigenvalue weighted by Gasteiger charge is -2.35. The Morgan fingerprint density at radius 3 is 2.42 bits per heavy atom. The molecule has 0 spiro atoms. The molecule has 2 aromatic rings. The second-order valence-electron chi connectivity index (χ2n) is 7.78. The number of nitrogens with zero attached hydrogens (tertiary/aromatic N) is 2. The molecule has 1 saturated heterocycles. The molecule has 1 atom stereocenters. The van der Waals surface area contributed by atoms with Gasteiger partial charge >= 0.3 is 6.36 Å². The van der Waals surface area contributed by atoms with Gasteiger partial charge in [0.25, 0.3) is 5.91 Å². The highest BCUT2D eigenvalue weighted by Gasteiger charge is 2.33. The summed E-state index contributed by atoms with van der Waals surface area (Å²) in [6.45, 7) is 5.06. The van der Waals surface area contributed by atoms with Crippen molar-refractivity contribution < 1.29 is 26.9 Å². The van der Waals surface area contributed by atoms with Gasteiger partial charge in [0.2, 0.25) is 0 Å². The number of nitrogens with one attached hydrogen (secondary N) is 1. The van der Waals surface area contributed by atoms with E-state index in [2.05, 4.69) is 26.5 Å². The number of anilines is 1. The van der Waals surface area contributed by atoms with Crippen LogP contribution in [0.5, 0.6) is 5.75 Å². The molecule has 33 heavy (non-hydrogen) atoms. The largest absolute Gasteiger partial charge is 0.573 e. The quantitative estimate of drug-likeness (QED) is 0.584. The van der Waals surface area contributed by atoms with Crippen LogP contribution in [-0.2, 0) is 17.4 Å². The zero-order valence-corrected chi connectivity index (χ0v) is 19.3. The number of amides is 1. The van der Waals surface area contributed by atoms with Crippen LogP contribution in [0.3, 0.4) is 0 Å². The molecule has 1 aliphatic heterocycles. The van der Waals surface area contributed by atoms with E-state index >= 15 is 0 Å². The molecule has 0 aliphatic carbocycles. The smallest absolute Gasteiger partial charge is 0.404 e. The fraction of sp³-hybridized carbons (Fsp3) is 0.435. The van der Waals surface area contributed by atoms with Crippen molar-refractivity contribution in [2.45, 2.75) is 26.1 Å². The fourth-order valence-corrected chi connectivity index (χ4v) is 4.48. The molecular weight excluding hydrogens is 455 g/mol. The maximum absolute atomic E-state index is 12.9. The molecule has 6 nitrogen and oxygen atoms in total. The Labute approximate surface area is 194 Å². The Kier molecular flexibility index (Phi) is 8.74. The first-order chi connectivity index (χ1) is 15.7. The van der Waals surface area contributed by atoms with Crippen LogP contribution in [0, 0.1) is 0 Å². The van der Waals surface area contributed by atoms with Crippen molar-refractivity contribution in [3.63, 3.8) is 0 Å². The maximum atomic E-state index is 12.9. The Morgan fingerprint density at radius 2 is 1.79 bits per heavy atom. The number of alkyl halides is 3. The first kappa shape index (κ1) is 25.0. The van der Waals surface area contributed by atoms with E-state index in [9.17, 15) is 22.2 Å². The van der Waals surface area contributed by atoms with Crippen LogP contribution in [0.2, 0.25) is 0 Å². The molecule has 0 radical (unpaired) electrons. The molecule has 0 aromatic heterocycles. The third kappa shape index (κ3) is 7.75. The molecule has 1 unspecified atom stereocenters. The molecule has 1 amide bonds. The lowest BCUT2D eigenvalue weighted by molar-refractivity contribution is -0.274. The van der Waals surface area contributed by atoms with Crippen LogP contribution < -0.4 is 9.46 Å². The minimum Gasteiger partial charge on any atom is -0.404 e. The summed E-state index contributed by atoms with van der Waals surface area (Å²) in [7, 11) is -1.55. The first-order valence-electron chi connectivity index (χ1n) is 10.9. The molecule has 1 N–H and O–H groups in total. The van der Waals surface area contributed by atoms with Gasteiger partial charge < -0.3 is 14.4 Å². The van der Waals surface area contributed by atoms with Gasteiger partial charge in [-0.15, -0.1) is 13.2 Å². The highest BCUT2D eigenvalue weighted by Crippen LogP contribution is 2.32. The van der Waals surface area contributed by atoms with Crippen molar-refractivity contribution in [3.8, 4) is 5.75 Å². The average molecular weight is 484 g/mol. The van der Waals surface area contributed by atoms with Crippen molar-refractivity contribution in [3.05, 3.63) is 59.7 Å². The van der Waals surface area contributed by atoms with Gasteiger partial charge in [-0.1, -0.05) is 37.3 Å². The first-order valence-corrected chi connectivity index (χ1v) is 12.2. The molecule has 1 heterocycles. The van der Waals surface area contributed by atoms with Gasteiger partial charge in [-0.2, -0.15) is 0 Å². The summed E-state index contributed by atoms with van der Waals surface area (Å²) in [4.78, 5) is 16.8. The van der Waals surface area contributed by atoms with Crippen LogP contribution in [0.4, 0.5) is 18.9 Å². The summed E-state index contributed by atoms with van der Waals surface area (Å²) in [5.41, 5.74) is 1.28. The normalized spacial score (nSPS) is 15.8. The summed E-state index contributed by atoms with van der Waals surface area (Å²) in [6.07, 6.45) is -3.42. The molecule has 180 valence electrons. The number of carbonyl (C=O) groups excluding carboxylic acids is 1. The zero-order valence-electron chi connectivity index (χ0n) is 18.4. The van der Waals surface area contributed by atoms with Gasteiger partial charge in [0.05, 0.1) is 5.69 Å². The summed E-state index contributed by atoms with van der Waals surface area (Å²) in [5.74, 6) is -0.647. The number of benzene rings is 2. The van der Waals surface area contributed by atoms with Crippen molar-refractivity contribution >= 4 is 22.6 Å². The van der Waals surface area contributed by atoms with Gasteiger partial charge in [0.15, 0.2) is 5.75 Å². The number of hydrogen-bond acceptors (Lipinski definition) is 4. The molecule has 3 rings (SSSR count). The summed E-state index contributed by atoms with van der Waals surface area (Å²) in [5, 5.41) is 0. The molecule has 0 bridgehead atoms. The van der Waals surface area contributed by atoms with Crippen LogP contribution in [0.25, 0.3) is 0 Å². The van der Waals surface area contributed by atoms with E-state index in [1.165, 1.54) is 17.7 Å². The van der Waals surface area contributed by atoms with Crippen molar-refractivity contribution in [2.75, 3.05) is 43.2 Å². The number of hydrogen-bond donors (Lipinski definition) is 1. The summed E-state index contributed by atoms with van der Waals surface area (Å²) < 4.78 is 57.3. The van der Waals surface area contributed by atoms with Crippen LogP contribution in [0.15, 0.2) is 48.5 Å². The van der Waals surface area contributed by atoms with Gasteiger partial charge in [-0.3, -0.25) is 9.69 Å². The van der Waals surface area contributed by atoms with E-state index in [-0.39, 0.29) is 22.9 Å². The predicted octanol–water partition coefficient (Wildman–Crippen LogP) is 4.07. The van der Waals surface area contributed by atoms with E-state index in [1.54, 1.807) is 4.90 Å². The maximum Gasteiger partial charge on any atom is 0.573 e. The molecule has 2 aromatic carbocycles. The monoisotopic (exact) mass is 483 g/mol. The SMILES string of the molecule is CCCS(=O)Nc1ccc(C(=O)N2CCN(CCc3ccccc3)CC2)cc1OC(F)(F)F. The standard InChI is InChI=1S/C23H28F3N3O3S/c1-2-16-33(31)27-20-9-8-19(17-21(20)32-23(24,25)26)22(30)29-14-12-28(13-15-29)11-10-18-6-4-3-5-7-18/h3-9,17,27H,2,10-16H2,1H3. The van der Waals surface area contributed by atoms with Crippen molar-refractivity contribution in [1.82, 2.24) is 9.80 Å². The summed E-state index contributed by atoms with van der Waals surface area (Å²) in [6, 6.07) is 13.9. The van der Waals surface area contributed by atoms with E-state index in [0.29, 0.717) is 32.6 Å². The lowest BCUT2D eigenvalue weighted by atomic mass is 10.1. The topological polar surface area (TPSA) is 61.9 Å². The summed E-state index contributed by atoms with van der Waals surface area (Å²) >= 11 is 0. The Balaban J connectivity index is 1.63. The van der Waals surface area contributed by atoms with Gasteiger partial charge in [-0.05, 0) is 36.6 Å². The van der Waals surface area contributed by atoms with Crippen LogP contribution in [0.1, 0.15) is 29.3 Å². The fourth-order valence-electron chi connectivity index (χ4n) is 3.60. The molecule has 10 heteroatoms. The number of rotatable bonds is 9. The Morgan fingerprint density at radius 1 is 1.09 bits per heavy atom. The van der Waals surface area contributed by atoms with E-state index in [1.807, 2.05) is 25.1 Å². The van der Waals surface area contributed by atoms with E-state index < -0.39 is 23.1 Å². The third-order valence-electron chi connectivity index (χ3n) is 5.29. The lowest BCUT2D eigenvalue weighted by Crippen LogP contribution is -2.49. The molecule has 1 aliphatic rings. The Hall–Kier alpha value is -2.59. The zero-order chi connectivity index (χ0) is 23.8. The van der Waals surface area contributed by atoms with Gasteiger partial charge in [0, 0.05) is 44.0 Å². The van der Waals surface area contributed by atoms with E-state index in [4.69, 9.17) is 0 Å². The predicted molar refractivity (Wildman–Crippen MR) is 123 cm³/mol.